The van der Waals surface area contributed by atoms with E-state index in [-0.39, 0.29) is 0 Å². The molecular weight excluding hydrogens is 246 g/mol. The van der Waals surface area contributed by atoms with Gasteiger partial charge in [0, 0.05) is 19.3 Å². The van der Waals surface area contributed by atoms with E-state index < -0.39 is 0 Å². The molecule has 112 valence electrons. The van der Waals surface area contributed by atoms with Crippen molar-refractivity contribution >= 4 is 0 Å². The minimum absolute atomic E-state index is 0.735. The Morgan fingerprint density at radius 2 is 2.00 bits per heavy atom. The van der Waals surface area contributed by atoms with E-state index >= 15 is 0 Å². The number of nitrogens with one attached hydrogen (secondary N) is 1. The monoisotopic (exact) mass is 275 g/mol. The quantitative estimate of drug-likeness (QED) is 0.657. The minimum Gasteiger partial charge on any atom is -0.382 e. The van der Waals surface area contributed by atoms with Crippen LogP contribution in [0.3, 0.4) is 0 Å². The maximum atomic E-state index is 5.47. The van der Waals surface area contributed by atoms with E-state index in [4.69, 9.17) is 4.74 Å². The lowest BCUT2D eigenvalue weighted by molar-refractivity contribution is 0.139. The second-order valence-corrected chi connectivity index (χ2v) is 6.08. The molecule has 1 atom stereocenters. The van der Waals surface area contributed by atoms with Crippen molar-refractivity contribution in [3.05, 3.63) is 35.4 Å². The van der Waals surface area contributed by atoms with E-state index in [9.17, 15) is 0 Å². The molecule has 0 radical (unpaired) electrons. The normalized spacial score (nSPS) is 16.3. The predicted molar refractivity (Wildman–Crippen MR) is 85.1 cm³/mol. The van der Waals surface area contributed by atoms with Crippen molar-refractivity contribution in [2.24, 2.45) is 5.92 Å². The number of benzene rings is 1. The number of rotatable bonds is 10. The Hall–Kier alpha value is -0.860. The van der Waals surface area contributed by atoms with Crippen LogP contribution in [0.4, 0.5) is 0 Å². The van der Waals surface area contributed by atoms with E-state index in [1.54, 1.807) is 0 Å². The summed E-state index contributed by atoms with van der Waals surface area (Å²) in [5, 5.41) is 3.69. The van der Waals surface area contributed by atoms with Crippen LogP contribution in [0.5, 0.6) is 0 Å². The van der Waals surface area contributed by atoms with Crippen LogP contribution in [0, 0.1) is 12.8 Å². The summed E-state index contributed by atoms with van der Waals surface area (Å²) < 4.78 is 5.47. The van der Waals surface area contributed by atoms with Gasteiger partial charge in [0.15, 0.2) is 0 Å². The first-order valence-electron chi connectivity index (χ1n) is 8.14. The molecule has 0 spiro atoms. The summed E-state index contributed by atoms with van der Waals surface area (Å²) in [6.07, 6.45) is 6.36. The fraction of sp³-hybridized carbons (Fsp3) is 0.667. The molecule has 1 aromatic rings. The third kappa shape index (κ3) is 6.06. The first-order valence-corrected chi connectivity index (χ1v) is 8.14. The van der Waals surface area contributed by atoms with Crippen LogP contribution in [0.2, 0.25) is 0 Å². The van der Waals surface area contributed by atoms with Gasteiger partial charge in [0.05, 0.1) is 0 Å². The highest BCUT2D eigenvalue weighted by Crippen LogP contribution is 2.21. The van der Waals surface area contributed by atoms with Gasteiger partial charge in [-0.2, -0.15) is 0 Å². The van der Waals surface area contributed by atoms with Gasteiger partial charge < -0.3 is 10.1 Å². The lowest BCUT2D eigenvalue weighted by Gasteiger charge is -2.18. The summed E-state index contributed by atoms with van der Waals surface area (Å²) in [6.45, 7) is 7.12. The number of hydrogen-bond donors (Lipinski definition) is 1. The topological polar surface area (TPSA) is 21.3 Å². The van der Waals surface area contributed by atoms with Gasteiger partial charge in [-0.3, -0.25) is 0 Å². The van der Waals surface area contributed by atoms with Crippen LogP contribution in [0.15, 0.2) is 24.3 Å². The van der Waals surface area contributed by atoms with Gasteiger partial charge in [-0.25, -0.2) is 0 Å². The van der Waals surface area contributed by atoms with E-state index in [0.29, 0.717) is 0 Å². The first kappa shape index (κ1) is 15.5. The average molecular weight is 275 g/mol. The number of ether oxygens (including phenoxy) is 1. The van der Waals surface area contributed by atoms with Crippen LogP contribution in [-0.2, 0) is 11.2 Å². The van der Waals surface area contributed by atoms with Crippen LogP contribution in [0.25, 0.3) is 0 Å². The van der Waals surface area contributed by atoms with E-state index in [1.165, 1.54) is 43.2 Å². The van der Waals surface area contributed by atoms with Crippen molar-refractivity contribution in [2.45, 2.75) is 52.0 Å². The molecular formula is C18H29NO. The Kier molecular flexibility index (Phi) is 6.55. The second kappa shape index (κ2) is 8.43. The lowest BCUT2D eigenvalue weighted by Crippen LogP contribution is -2.26. The zero-order valence-electron chi connectivity index (χ0n) is 13.0. The molecule has 2 heteroatoms. The number of hydrogen-bond acceptors (Lipinski definition) is 2. The van der Waals surface area contributed by atoms with Gasteiger partial charge >= 0.3 is 0 Å². The molecule has 1 N–H and O–H groups in total. The van der Waals surface area contributed by atoms with Crippen molar-refractivity contribution < 1.29 is 4.74 Å². The molecule has 0 aliphatic heterocycles. The first-order chi connectivity index (χ1) is 9.78. The predicted octanol–water partition coefficient (Wildman–Crippen LogP) is 3.72. The zero-order valence-corrected chi connectivity index (χ0v) is 13.0. The highest BCUT2D eigenvalue weighted by Gasteiger charge is 2.21. The zero-order chi connectivity index (χ0) is 14.2. The number of aryl methyl sites for hydroxylation is 1. The third-order valence-electron chi connectivity index (χ3n) is 4.02. The van der Waals surface area contributed by atoms with Crippen LogP contribution in [-0.4, -0.2) is 25.8 Å². The molecule has 1 aromatic carbocycles. The van der Waals surface area contributed by atoms with E-state index in [0.717, 1.165) is 31.7 Å². The molecule has 1 fully saturated rings. The van der Waals surface area contributed by atoms with Crippen molar-refractivity contribution in [1.82, 2.24) is 5.32 Å². The van der Waals surface area contributed by atoms with Crippen LogP contribution < -0.4 is 5.32 Å². The standard InChI is InChI=1S/C18H29NO/c1-3-20-12-4-5-17(14-19-18-10-11-18)13-16-8-6-15(2)7-9-16/h6-9,17-19H,3-5,10-14H2,1-2H3. The summed E-state index contributed by atoms with van der Waals surface area (Å²) in [7, 11) is 0. The van der Waals surface area contributed by atoms with Gasteiger partial charge in [0.25, 0.3) is 0 Å². The minimum atomic E-state index is 0.735. The molecule has 2 nitrogen and oxygen atoms in total. The molecule has 1 aliphatic rings. The van der Waals surface area contributed by atoms with Crippen molar-refractivity contribution in [3.8, 4) is 0 Å². The Morgan fingerprint density at radius 3 is 2.65 bits per heavy atom. The van der Waals surface area contributed by atoms with E-state index in [2.05, 4.69) is 43.4 Å². The van der Waals surface area contributed by atoms with Crippen molar-refractivity contribution in [3.63, 3.8) is 0 Å². The van der Waals surface area contributed by atoms with E-state index in [1.807, 2.05) is 0 Å². The lowest BCUT2D eigenvalue weighted by atomic mass is 9.94. The van der Waals surface area contributed by atoms with Crippen molar-refractivity contribution in [2.75, 3.05) is 19.8 Å². The van der Waals surface area contributed by atoms with Crippen molar-refractivity contribution in [1.29, 1.82) is 0 Å². The summed E-state index contributed by atoms with van der Waals surface area (Å²) in [4.78, 5) is 0. The highest BCUT2D eigenvalue weighted by molar-refractivity contribution is 5.21. The van der Waals surface area contributed by atoms with Gasteiger partial charge in [-0.15, -0.1) is 0 Å². The molecule has 0 bridgehead atoms. The SMILES string of the molecule is CCOCCCC(CNC1CC1)Cc1ccc(C)cc1. The largest absolute Gasteiger partial charge is 0.382 e. The van der Waals surface area contributed by atoms with Crippen LogP contribution in [0.1, 0.15) is 43.7 Å². The molecule has 0 amide bonds. The molecule has 1 aliphatic carbocycles. The Bertz CT molecular complexity index is 370. The molecule has 0 aromatic heterocycles. The Balaban J connectivity index is 1.78. The third-order valence-corrected chi connectivity index (χ3v) is 4.02. The molecule has 0 saturated heterocycles. The van der Waals surface area contributed by atoms with Gasteiger partial charge in [-0.05, 0) is 64.0 Å². The Labute approximate surface area is 123 Å². The van der Waals surface area contributed by atoms with Crippen LogP contribution >= 0.6 is 0 Å². The maximum Gasteiger partial charge on any atom is 0.0466 e. The molecule has 20 heavy (non-hydrogen) atoms. The summed E-state index contributed by atoms with van der Waals surface area (Å²) in [5.74, 6) is 0.735. The fourth-order valence-electron chi connectivity index (χ4n) is 2.57. The van der Waals surface area contributed by atoms with Gasteiger partial charge in [0.2, 0.25) is 0 Å². The smallest absolute Gasteiger partial charge is 0.0466 e. The summed E-state index contributed by atoms with van der Waals surface area (Å²) in [5.41, 5.74) is 2.81. The average Bonchev–Trinajstić information content (AvgIpc) is 3.27. The fourth-order valence-corrected chi connectivity index (χ4v) is 2.57. The molecule has 2 rings (SSSR count). The Morgan fingerprint density at radius 1 is 1.25 bits per heavy atom. The molecule has 1 saturated carbocycles. The second-order valence-electron chi connectivity index (χ2n) is 6.08. The summed E-state index contributed by atoms with van der Waals surface area (Å²) in [6, 6.07) is 9.81. The molecule has 1 unspecified atom stereocenters. The molecule has 0 heterocycles. The maximum absolute atomic E-state index is 5.47. The summed E-state index contributed by atoms with van der Waals surface area (Å²) >= 11 is 0. The highest BCUT2D eigenvalue weighted by atomic mass is 16.5. The van der Waals surface area contributed by atoms with Gasteiger partial charge in [-0.1, -0.05) is 29.8 Å². The van der Waals surface area contributed by atoms with Gasteiger partial charge in [0.1, 0.15) is 0 Å².